The normalized spacial score (nSPS) is 14.6. The predicted octanol–water partition coefficient (Wildman–Crippen LogP) is 3.15. The second-order valence-electron chi connectivity index (χ2n) is 10.0. The van der Waals surface area contributed by atoms with Crippen LogP contribution in [0.4, 0.5) is 4.79 Å². The van der Waals surface area contributed by atoms with Crippen molar-refractivity contribution in [2.75, 3.05) is 26.2 Å². The number of ether oxygens (including phenoxy) is 1. The number of halogens is 1. The van der Waals surface area contributed by atoms with Gasteiger partial charge < -0.3 is 25.0 Å². The van der Waals surface area contributed by atoms with Crippen molar-refractivity contribution in [2.24, 2.45) is 0 Å². The summed E-state index contributed by atoms with van der Waals surface area (Å²) in [6.07, 6.45) is -1.18. The van der Waals surface area contributed by atoms with Crippen molar-refractivity contribution in [1.82, 2.24) is 25.1 Å². The lowest BCUT2D eigenvalue weighted by Crippen LogP contribution is -2.55. The molecule has 2 heterocycles. The van der Waals surface area contributed by atoms with Gasteiger partial charge in [0.1, 0.15) is 22.5 Å². The minimum absolute atomic E-state index is 0.0116. The van der Waals surface area contributed by atoms with Crippen LogP contribution in [0.2, 0.25) is 5.15 Å². The number of esters is 1. The lowest BCUT2D eigenvalue weighted by Gasteiger charge is -2.35. The molecule has 3 amide bonds. The van der Waals surface area contributed by atoms with Crippen LogP contribution in [-0.2, 0) is 14.3 Å². The van der Waals surface area contributed by atoms with Crippen molar-refractivity contribution in [3.05, 3.63) is 46.7 Å². The molecule has 1 atom stereocenters. The number of amides is 3. The molecule has 0 bridgehead atoms. The molecule has 12 heteroatoms. The first-order chi connectivity index (χ1) is 17.8. The number of rotatable bonds is 7. The molecule has 38 heavy (non-hydrogen) atoms. The van der Waals surface area contributed by atoms with Gasteiger partial charge in [-0.1, -0.05) is 41.4 Å². The van der Waals surface area contributed by atoms with E-state index in [2.05, 4.69) is 15.3 Å². The van der Waals surface area contributed by atoms with E-state index in [1.807, 2.05) is 31.2 Å². The van der Waals surface area contributed by atoms with Gasteiger partial charge in [-0.25, -0.2) is 14.8 Å². The van der Waals surface area contributed by atoms with Gasteiger partial charge in [0.25, 0.3) is 5.91 Å². The molecule has 2 aromatic rings. The number of carboxylic acid groups (broad SMARTS) is 1. The molecule has 1 aliphatic heterocycles. The number of aryl methyl sites for hydroxylation is 1. The van der Waals surface area contributed by atoms with Gasteiger partial charge >= 0.3 is 12.1 Å². The summed E-state index contributed by atoms with van der Waals surface area (Å²) < 4.78 is 5.35. The molecule has 0 radical (unpaired) electrons. The van der Waals surface area contributed by atoms with Crippen LogP contribution >= 0.6 is 11.6 Å². The fourth-order valence-electron chi connectivity index (χ4n) is 3.85. The van der Waals surface area contributed by atoms with E-state index < -0.39 is 35.5 Å². The summed E-state index contributed by atoms with van der Waals surface area (Å²) in [5.74, 6) is -1.34. The van der Waals surface area contributed by atoms with E-state index in [9.17, 15) is 24.3 Å². The van der Waals surface area contributed by atoms with Crippen molar-refractivity contribution in [3.8, 4) is 11.4 Å². The second-order valence-corrected chi connectivity index (χ2v) is 10.4. The quantitative estimate of drug-likeness (QED) is 0.399. The summed E-state index contributed by atoms with van der Waals surface area (Å²) >= 11 is 6.18. The average molecular weight is 546 g/mol. The SMILES string of the molecule is Cc1ccc(-c2nc(Cl)cc(C(=O)N[C@@H](CCC(=O)OC(C)(C)C)C(=O)N3CCN(C(=O)O)CC3)n2)cc1. The summed E-state index contributed by atoms with van der Waals surface area (Å²) in [5.41, 5.74) is 0.980. The Morgan fingerprint density at radius 1 is 1.05 bits per heavy atom. The van der Waals surface area contributed by atoms with Gasteiger partial charge in [0.15, 0.2) is 5.82 Å². The summed E-state index contributed by atoms with van der Waals surface area (Å²) in [5, 5.41) is 11.9. The van der Waals surface area contributed by atoms with E-state index in [4.69, 9.17) is 16.3 Å². The molecule has 1 fully saturated rings. The van der Waals surface area contributed by atoms with Crippen LogP contribution in [0.15, 0.2) is 30.3 Å². The number of hydrogen-bond donors (Lipinski definition) is 2. The smallest absolute Gasteiger partial charge is 0.407 e. The molecule has 1 aromatic heterocycles. The van der Waals surface area contributed by atoms with Gasteiger partial charge in [0.05, 0.1) is 0 Å². The number of hydrogen-bond acceptors (Lipinski definition) is 7. The molecule has 204 valence electrons. The number of nitrogens with zero attached hydrogens (tertiary/aromatic N) is 4. The minimum atomic E-state index is -1.07. The number of nitrogens with one attached hydrogen (secondary N) is 1. The molecule has 0 saturated carbocycles. The van der Waals surface area contributed by atoms with Crippen LogP contribution in [0, 0.1) is 6.92 Å². The monoisotopic (exact) mass is 545 g/mol. The van der Waals surface area contributed by atoms with Crippen LogP contribution in [0.25, 0.3) is 11.4 Å². The number of carbonyl (C=O) groups excluding carboxylic acids is 3. The lowest BCUT2D eigenvalue weighted by molar-refractivity contribution is -0.155. The molecule has 3 rings (SSSR count). The first-order valence-electron chi connectivity index (χ1n) is 12.2. The van der Waals surface area contributed by atoms with Gasteiger partial charge in [-0.2, -0.15) is 0 Å². The highest BCUT2D eigenvalue weighted by molar-refractivity contribution is 6.29. The maximum Gasteiger partial charge on any atom is 0.407 e. The maximum absolute atomic E-state index is 13.4. The maximum atomic E-state index is 13.4. The molecule has 2 N–H and O–H groups in total. The molecule has 1 saturated heterocycles. The Morgan fingerprint density at radius 2 is 1.66 bits per heavy atom. The minimum Gasteiger partial charge on any atom is -0.465 e. The molecule has 0 unspecified atom stereocenters. The third-order valence-electron chi connectivity index (χ3n) is 5.76. The fraction of sp³-hybridized carbons (Fsp3) is 0.462. The Kier molecular flexibility index (Phi) is 9.26. The third-order valence-corrected chi connectivity index (χ3v) is 5.95. The zero-order valence-corrected chi connectivity index (χ0v) is 22.6. The second kappa shape index (κ2) is 12.2. The van der Waals surface area contributed by atoms with Crippen molar-refractivity contribution in [1.29, 1.82) is 0 Å². The van der Waals surface area contributed by atoms with Crippen molar-refractivity contribution >= 4 is 35.5 Å². The lowest BCUT2D eigenvalue weighted by atomic mass is 10.1. The van der Waals surface area contributed by atoms with Crippen molar-refractivity contribution in [2.45, 2.75) is 52.2 Å². The zero-order valence-electron chi connectivity index (χ0n) is 21.9. The van der Waals surface area contributed by atoms with E-state index >= 15 is 0 Å². The number of aromatic nitrogens is 2. The molecule has 0 spiro atoms. The first-order valence-corrected chi connectivity index (χ1v) is 12.6. The van der Waals surface area contributed by atoms with E-state index in [0.29, 0.717) is 5.56 Å². The summed E-state index contributed by atoms with van der Waals surface area (Å²) in [6, 6.07) is 7.63. The Balaban J connectivity index is 1.79. The van der Waals surface area contributed by atoms with Crippen LogP contribution in [0.1, 0.15) is 49.7 Å². The Bertz CT molecular complexity index is 1190. The average Bonchev–Trinajstić information content (AvgIpc) is 2.85. The Morgan fingerprint density at radius 3 is 2.24 bits per heavy atom. The van der Waals surface area contributed by atoms with E-state index in [0.717, 1.165) is 5.56 Å². The highest BCUT2D eigenvalue weighted by atomic mass is 35.5. The summed E-state index contributed by atoms with van der Waals surface area (Å²) in [7, 11) is 0. The van der Waals surface area contributed by atoms with Crippen molar-refractivity contribution < 1.29 is 29.0 Å². The van der Waals surface area contributed by atoms with E-state index in [1.54, 1.807) is 20.8 Å². The molecule has 1 aromatic carbocycles. The fourth-order valence-corrected chi connectivity index (χ4v) is 4.03. The van der Waals surface area contributed by atoms with Crippen LogP contribution in [0.5, 0.6) is 0 Å². The van der Waals surface area contributed by atoms with Gasteiger partial charge in [-0.3, -0.25) is 14.4 Å². The standard InChI is InChI=1S/C26H32ClN5O6/c1-16-5-7-17(8-6-16)22-28-19(15-20(27)30-22)23(34)29-18(9-10-21(33)38-26(2,3)4)24(35)31-11-13-32(14-12-31)25(36)37/h5-8,15,18H,9-14H2,1-4H3,(H,29,34)(H,36,37)/t18-/m0/s1. The topological polar surface area (TPSA) is 142 Å². The van der Waals surface area contributed by atoms with Gasteiger partial charge in [0, 0.05) is 44.2 Å². The molecular weight excluding hydrogens is 514 g/mol. The first kappa shape index (κ1) is 28.8. The molecular formula is C26H32ClN5O6. The molecule has 11 nitrogen and oxygen atoms in total. The van der Waals surface area contributed by atoms with E-state index in [1.165, 1.54) is 15.9 Å². The summed E-state index contributed by atoms with van der Waals surface area (Å²) in [4.78, 5) is 61.4. The Labute approximate surface area is 226 Å². The van der Waals surface area contributed by atoms with Gasteiger partial charge in [0.2, 0.25) is 5.91 Å². The number of piperazine rings is 1. The zero-order chi connectivity index (χ0) is 28.0. The number of carbonyl (C=O) groups is 4. The summed E-state index contributed by atoms with van der Waals surface area (Å²) in [6.45, 7) is 7.79. The Hall–Kier alpha value is -3.73. The van der Waals surface area contributed by atoms with Crippen LogP contribution in [-0.4, -0.2) is 86.6 Å². The highest BCUT2D eigenvalue weighted by Crippen LogP contribution is 2.19. The van der Waals surface area contributed by atoms with Gasteiger partial charge in [-0.05, 0) is 34.1 Å². The van der Waals surface area contributed by atoms with Crippen molar-refractivity contribution in [3.63, 3.8) is 0 Å². The number of benzene rings is 1. The highest BCUT2D eigenvalue weighted by Gasteiger charge is 2.31. The predicted molar refractivity (Wildman–Crippen MR) is 140 cm³/mol. The molecule has 1 aliphatic rings. The third kappa shape index (κ3) is 8.14. The van der Waals surface area contributed by atoms with E-state index in [-0.39, 0.29) is 55.7 Å². The molecule has 0 aliphatic carbocycles. The van der Waals surface area contributed by atoms with Gasteiger partial charge in [-0.15, -0.1) is 0 Å². The van der Waals surface area contributed by atoms with Crippen LogP contribution in [0.3, 0.4) is 0 Å². The largest absolute Gasteiger partial charge is 0.465 e. The van der Waals surface area contributed by atoms with Crippen LogP contribution < -0.4 is 5.32 Å².